The van der Waals surface area contributed by atoms with Crippen LogP contribution >= 0.6 is 0 Å². The molecule has 0 N–H and O–H groups in total. The van der Waals surface area contributed by atoms with Crippen molar-refractivity contribution in [1.82, 2.24) is 0 Å². The van der Waals surface area contributed by atoms with E-state index >= 15 is 0 Å². The first-order valence-corrected chi connectivity index (χ1v) is 7.61. The number of methoxy groups -OCH3 is 1. The Hall–Kier alpha value is -2.95. The van der Waals surface area contributed by atoms with Crippen LogP contribution in [-0.2, 0) is 0 Å². The molecule has 0 aliphatic rings. The molecule has 0 bridgehead atoms. The van der Waals surface area contributed by atoms with Crippen molar-refractivity contribution in [2.45, 2.75) is 6.42 Å². The Bertz CT molecular complexity index is 708. The molecule has 0 aliphatic heterocycles. The first kappa shape index (κ1) is 17.4. The normalized spacial score (nSPS) is 12.0. The number of ether oxygens (including phenoxy) is 1. The lowest BCUT2D eigenvalue weighted by atomic mass is 9.97. The predicted octanol–water partition coefficient (Wildman–Crippen LogP) is 3.87. The molecule has 0 heterocycles. The zero-order chi connectivity index (χ0) is 17.4. The molecule has 5 nitrogen and oxygen atoms in total. The van der Waals surface area contributed by atoms with Crippen molar-refractivity contribution in [2.75, 3.05) is 13.7 Å². The molecule has 24 heavy (non-hydrogen) atoms. The lowest BCUT2D eigenvalue weighted by Crippen LogP contribution is -2.16. The highest BCUT2D eigenvalue weighted by Gasteiger charge is 2.18. The Balaban J connectivity index is 2.08. The monoisotopic (exact) mass is 325 g/mol. The van der Waals surface area contributed by atoms with E-state index in [2.05, 4.69) is 0 Å². The van der Waals surface area contributed by atoms with Crippen LogP contribution in [0, 0.1) is 16.0 Å². The van der Waals surface area contributed by atoms with Gasteiger partial charge in [0.2, 0.25) is 6.54 Å². The maximum atomic E-state index is 12.4. The van der Waals surface area contributed by atoms with Gasteiger partial charge in [0.1, 0.15) is 5.75 Å². The van der Waals surface area contributed by atoms with Gasteiger partial charge in [0.15, 0.2) is 5.78 Å². The Morgan fingerprint density at radius 3 is 2.42 bits per heavy atom. The minimum atomic E-state index is -0.449. The Morgan fingerprint density at radius 1 is 1.17 bits per heavy atom. The number of Topliss-reactive ketones (excluding diaryl/α,β-unsaturated/α-hetero) is 1. The molecule has 0 aromatic heterocycles. The number of hydrogen-bond donors (Lipinski definition) is 0. The van der Waals surface area contributed by atoms with E-state index in [1.54, 1.807) is 37.5 Å². The first-order chi connectivity index (χ1) is 11.6. The minimum Gasteiger partial charge on any atom is -0.497 e. The van der Waals surface area contributed by atoms with Gasteiger partial charge in [-0.25, -0.2) is 0 Å². The van der Waals surface area contributed by atoms with Crippen molar-refractivity contribution in [3.8, 4) is 5.75 Å². The third-order valence-electron chi connectivity index (χ3n) is 3.60. The van der Waals surface area contributed by atoms with E-state index in [-0.39, 0.29) is 23.7 Å². The summed E-state index contributed by atoms with van der Waals surface area (Å²) in [7, 11) is 1.55. The topological polar surface area (TPSA) is 69.4 Å². The predicted molar refractivity (Wildman–Crippen MR) is 92.8 cm³/mol. The number of rotatable bonds is 8. The maximum Gasteiger partial charge on any atom is 0.210 e. The van der Waals surface area contributed by atoms with Gasteiger partial charge >= 0.3 is 0 Å². The Labute approximate surface area is 140 Å². The third kappa shape index (κ3) is 5.35. The molecule has 0 spiro atoms. The van der Waals surface area contributed by atoms with Crippen LogP contribution in [0.1, 0.15) is 22.3 Å². The summed E-state index contributed by atoms with van der Waals surface area (Å²) < 4.78 is 5.06. The highest BCUT2D eigenvalue weighted by Crippen LogP contribution is 2.17. The molecule has 124 valence electrons. The fraction of sp³-hybridized carbons (Fsp3) is 0.211. The van der Waals surface area contributed by atoms with E-state index in [4.69, 9.17) is 4.74 Å². The van der Waals surface area contributed by atoms with Crippen molar-refractivity contribution in [3.63, 3.8) is 0 Å². The Kier molecular flexibility index (Phi) is 6.25. The van der Waals surface area contributed by atoms with E-state index in [0.29, 0.717) is 11.3 Å². The number of nitrogens with zero attached hydrogens (tertiary/aromatic N) is 1. The van der Waals surface area contributed by atoms with E-state index in [1.165, 1.54) is 0 Å². The Morgan fingerprint density at radius 2 is 1.83 bits per heavy atom. The highest BCUT2D eigenvalue weighted by molar-refractivity contribution is 5.96. The SMILES string of the molecule is COc1ccc(C(=O)C[C@@H](/C=C/c2ccccc2)C[N+](=O)[O-])cc1. The fourth-order valence-electron chi connectivity index (χ4n) is 2.33. The van der Waals surface area contributed by atoms with E-state index < -0.39 is 5.92 Å². The summed E-state index contributed by atoms with van der Waals surface area (Å²) in [6.45, 7) is -0.273. The molecule has 0 fully saturated rings. The largest absolute Gasteiger partial charge is 0.497 e. The van der Waals surface area contributed by atoms with E-state index in [0.717, 1.165) is 5.56 Å². The third-order valence-corrected chi connectivity index (χ3v) is 3.60. The maximum absolute atomic E-state index is 12.4. The van der Waals surface area contributed by atoms with Gasteiger partial charge in [0.05, 0.1) is 7.11 Å². The summed E-state index contributed by atoms with van der Waals surface area (Å²) in [4.78, 5) is 22.8. The summed E-state index contributed by atoms with van der Waals surface area (Å²) in [5.74, 6) is 0.0920. The average molecular weight is 325 g/mol. The average Bonchev–Trinajstić information content (AvgIpc) is 2.60. The van der Waals surface area contributed by atoms with Gasteiger partial charge in [-0.15, -0.1) is 0 Å². The zero-order valence-corrected chi connectivity index (χ0v) is 13.4. The van der Waals surface area contributed by atoms with Crippen LogP contribution in [0.3, 0.4) is 0 Å². The van der Waals surface area contributed by atoms with Crippen molar-refractivity contribution in [3.05, 3.63) is 81.9 Å². The smallest absolute Gasteiger partial charge is 0.210 e. The summed E-state index contributed by atoms with van der Waals surface area (Å²) in [6.07, 6.45) is 3.64. The number of hydrogen-bond acceptors (Lipinski definition) is 4. The number of nitro groups is 1. The molecule has 0 saturated carbocycles. The molecular formula is C19H19NO4. The molecule has 5 heteroatoms. The second-order valence-electron chi connectivity index (χ2n) is 5.40. The second kappa shape index (κ2) is 8.62. The van der Waals surface area contributed by atoms with Crippen molar-refractivity contribution < 1.29 is 14.5 Å². The van der Waals surface area contributed by atoms with Crippen LogP contribution in [0.5, 0.6) is 5.75 Å². The van der Waals surface area contributed by atoms with Crippen molar-refractivity contribution in [2.24, 2.45) is 5.92 Å². The number of ketones is 1. The van der Waals surface area contributed by atoms with Gasteiger partial charge in [-0.05, 0) is 29.8 Å². The van der Waals surface area contributed by atoms with Crippen LogP contribution < -0.4 is 4.74 Å². The van der Waals surface area contributed by atoms with E-state index in [1.807, 2.05) is 36.4 Å². The highest BCUT2D eigenvalue weighted by atomic mass is 16.6. The van der Waals surface area contributed by atoms with Gasteiger partial charge in [-0.3, -0.25) is 14.9 Å². The summed E-state index contributed by atoms with van der Waals surface area (Å²) in [6, 6.07) is 16.3. The number of carbonyl (C=O) groups is 1. The summed E-state index contributed by atoms with van der Waals surface area (Å²) in [5.41, 5.74) is 1.47. The van der Waals surface area contributed by atoms with Crippen LogP contribution in [0.25, 0.3) is 6.08 Å². The minimum absolute atomic E-state index is 0.0939. The fourth-order valence-corrected chi connectivity index (χ4v) is 2.33. The molecule has 0 saturated heterocycles. The van der Waals surface area contributed by atoms with Crippen LogP contribution in [0.4, 0.5) is 0 Å². The molecule has 0 unspecified atom stereocenters. The van der Waals surface area contributed by atoms with Gasteiger partial charge in [-0.2, -0.15) is 0 Å². The standard InChI is InChI=1S/C19H19NO4/c1-24-18-11-9-17(10-12-18)19(21)13-16(14-20(22)23)8-7-15-5-3-2-4-6-15/h2-12,16H,13-14H2,1H3/b8-7+/t16-/m1/s1. The van der Waals surface area contributed by atoms with Gasteiger partial charge in [0.25, 0.3) is 0 Å². The quantitative estimate of drug-likeness (QED) is 0.419. The molecule has 0 aliphatic carbocycles. The van der Waals surface area contributed by atoms with Gasteiger partial charge in [0, 0.05) is 22.8 Å². The molecular weight excluding hydrogens is 306 g/mol. The van der Waals surface area contributed by atoms with Crippen LogP contribution in [0.15, 0.2) is 60.7 Å². The second-order valence-corrected chi connectivity index (χ2v) is 5.40. The molecule has 2 rings (SSSR count). The van der Waals surface area contributed by atoms with Crippen LogP contribution in [-0.4, -0.2) is 24.4 Å². The zero-order valence-electron chi connectivity index (χ0n) is 13.4. The lowest BCUT2D eigenvalue weighted by Gasteiger charge is -2.08. The van der Waals surface area contributed by atoms with Gasteiger partial charge in [-0.1, -0.05) is 42.5 Å². The summed E-state index contributed by atoms with van der Waals surface area (Å²) >= 11 is 0. The molecule has 0 radical (unpaired) electrons. The molecule has 0 amide bonds. The number of carbonyl (C=O) groups excluding carboxylic acids is 1. The number of benzene rings is 2. The lowest BCUT2D eigenvalue weighted by molar-refractivity contribution is -0.485. The molecule has 1 atom stereocenters. The van der Waals surface area contributed by atoms with Gasteiger partial charge < -0.3 is 4.74 Å². The first-order valence-electron chi connectivity index (χ1n) is 7.61. The van der Waals surface area contributed by atoms with Crippen LogP contribution in [0.2, 0.25) is 0 Å². The van der Waals surface area contributed by atoms with Crippen molar-refractivity contribution >= 4 is 11.9 Å². The molecule has 2 aromatic carbocycles. The molecule has 2 aromatic rings. The van der Waals surface area contributed by atoms with Crippen molar-refractivity contribution in [1.29, 1.82) is 0 Å². The van der Waals surface area contributed by atoms with E-state index in [9.17, 15) is 14.9 Å². The summed E-state index contributed by atoms with van der Waals surface area (Å²) in [5, 5.41) is 10.9.